The molecule has 3 aromatic rings. The molecule has 5 nitrogen and oxygen atoms in total. The lowest BCUT2D eigenvalue weighted by Gasteiger charge is -2.08. The summed E-state index contributed by atoms with van der Waals surface area (Å²) >= 11 is 11.9. The minimum absolute atomic E-state index is 0.0753. The highest BCUT2D eigenvalue weighted by atomic mass is 35.5. The van der Waals surface area contributed by atoms with Gasteiger partial charge in [-0.05, 0) is 24.3 Å². The predicted octanol–water partition coefficient (Wildman–Crippen LogP) is 4.60. The second kappa shape index (κ2) is 8.12. The van der Waals surface area contributed by atoms with Crippen LogP contribution in [0.4, 0.5) is 16.0 Å². The first-order chi connectivity index (χ1) is 12.5. The maximum atomic E-state index is 13.6. The van der Waals surface area contributed by atoms with Crippen molar-refractivity contribution in [2.45, 2.75) is 6.54 Å². The summed E-state index contributed by atoms with van der Waals surface area (Å²) in [6.45, 7) is 0.0753. The van der Waals surface area contributed by atoms with Crippen LogP contribution in [0.3, 0.4) is 0 Å². The molecule has 1 amide bonds. The van der Waals surface area contributed by atoms with E-state index in [1.807, 2.05) is 0 Å². The molecule has 2 N–H and O–H groups in total. The van der Waals surface area contributed by atoms with Gasteiger partial charge in [-0.15, -0.1) is 0 Å². The molecule has 1 aromatic heterocycles. The van der Waals surface area contributed by atoms with Crippen LogP contribution in [0.1, 0.15) is 15.9 Å². The molecule has 0 aliphatic rings. The molecule has 8 heteroatoms. The van der Waals surface area contributed by atoms with E-state index < -0.39 is 5.91 Å². The molecule has 0 unspecified atom stereocenters. The summed E-state index contributed by atoms with van der Waals surface area (Å²) in [5.74, 6) is -0.493. The molecule has 2 aromatic carbocycles. The molecule has 0 spiro atoms. The predicted molar refractivity (Wildman–Crippen MR) is 99.3 cm³/mol. The minimum Gasteiger partial charge on any atom is -0.348 e. The summed E-state index contributed by atoms with van der Waals surface area (Å²) in [5.41, 5.74) is 1.25. The molecule has 0 saturated heterocycles. The van der Waals surface area contributed by atoms with E-state index in [1.165, 1.54) is 18.5 Å². The van der Waals surface area contributed by atoms with Gasteiger partial charge in [-0.1, -0.05) is 41.4 Å². The number of carbonyl (C=O) groups is 1. The molecule has 0 bridgehead atoms. The molecule has 0 atom stereocenters. The molecule has 26 heavy (non-hydrogen) atoms. The van der Waals surface area contributed by atoms with Crippen LogP contribution < -0.4 is 10.6 Å². The first kappa shape index (κ1) is 18.1. The Morgan fingerprint density at radius 3 is 2.50 bits per heavy atom. The third-order valence-electron chi connectivity index (χ3n) is 3.49. The third kappa shape index (κ3) is 4.47. The third-order valence-corrected chi connectivity index (χ3v) is 4.04. The fraction of sp³-hybridized carbons (Fsp3) is 0.0556. The summed E-state index contributed by atoms with van der Waals surface area (Å²) in [5, 5.41) is 6.50. The van der Waals surface area contributed by atoms with Gasteiger partial charge in [0, 0.05) is 29.5 Å². The van der Waals surface area contributed by atoms with Gasteiger partial charge in [0.2, 0.25) is 5.95 Å². The molecule has 132 valence electrons. The number of amides is 1. The Kier molecular flexibility index (Phi) is 5.65. The second-order valence-electron chi connectivity index (χ2n) is 5.32. The molecular weight excluding hydrogens is 378 g/mol. The van der Waals surface area contributed by atoms with E-state index in [2.05, 4.69) is 20.6 Å². The van der Waals surface area contributed by atoms with Crippen molar-refractivity contribution in [3.8, 4) is 0 Å². The van der Waals surface area contributed by atoms with Gasteiger partial charge in [0.15, 0.2) is 0 Å². The zero-order chi connectivity index (χ0) is 18.5. The average Bonchev–Trinajstić information content (AvgIpc) is 2.64. The largest absolute Gasteiger partial charge is 0.348 e. The Morgan fingerprint density at radius 1 is 1.08 bits per heavy atom. The highest BCUT2D eigenvalue weighted by Gasteiger charge is 2.09. The molecule has 0 aliphatic heterocycles. The van der Waals surface area contributed by atoms with Crippen LogP contribution in [-0.4, -0.2) is 15.9 Å². The lowest BCUT2D eigenvalue weighted by atomic mass is 10.2. The van der Waals surface area contributed by atoms with Crippen molar-refractivity contribution in [3.63, 3.8) is 0 Å². The standard InChI is InChI=1S/C18H13Cl2FN4O/c19-13-5-6-16(14(20)7-13)25-18-23-9-12(10-24-18)17(26)22-8-11-3-1-2-4-15(11)21/h1-7,9-10H,8H2,(H,22,26)(H,23,24,25). The molecule has 0 saturated carbocycles. The van der Waals surface area contributed by atoms with Crippen molar-refractivity contribution in [2.75, 3.05) is 5.32 Å². The van der Waals surface area contributed by atoms with Crippen LogP contribution >= 0.6 is 23.2 Å². The number of hydrogen-bond acceptors (Lipinski definition) is 4. The van der Waals surface area contributed by atoms with E-state index in [1.54, 1.807) is 36.4 Å². The normalized spacial score (nSPS) is 10.4. The van der Waals surface area contributed by atoms with E-state index in [0.717, 1.165) is 0 Å². The van der Waals surface area contributed by atoms with E-state index in [4.69, 9.17) is 23.2 Å². The summed E-state index contributed by atoms with van der Waals surface area (Å²) in [7, 11) is 0. The van der Waals surface area contributed by atoms with Gasteiger partial charge >= 0.3 is 0 Å². The van der Waals surface area contributed by atoms with Gasteiger partial charge in [0.25, 0.3) is 5.91 Å². The van der Waals surface area contributed by atoms with Gasteiger partial charge in [0.1, 0.15) is 5.82 Å². The zero-order valence-corrected chi connectivity index (χ0v) is 14.9. The van der Waals surface area contributed by atoms with E-state index in [9.17, 15) is 9.18 Å². The highest BCUT2D eigenvalue weighted by Crippen LogP contribution is 2.27. The number of nitrogens with zero attached hydrogens (tertiary/aromatic N) is 2. The van der Waals surface area contributed by atoms with Crippen LogP contribution in [0.2, 0.25) is 10.0 Å². The van der Waals surface area contributed by atoms with Crippen molar-refractivity contribution >= 4 is 40.7 Å². The first-order valence-electron chi connectivity index (χ1n) is 7.58. The molecule has 0 radical (unpaired) electrons. The van der Waals surface area contributed by atoms with Crippen LogP contribution in [0.15, 0.2) is 54.9 Å². The van der Waals surface area contributed by atoms with Gasteiger partial charge < -0.3 is 10.6 Å². The van der Waals surface area contributed by atoms with E-state index in [-0.39, 0.29) is 23.9 Å². The van der Waals surface area contributed by atoms with Gasteiger partial charge in [-0.2, -0.15) is 0 Å². The van der Waals surface area contributed by atoms with Gasteiger partial charge in [-0.25, -0.2) is 14.4 Å². The number of hydrogen-bond donors (Lipinski definition) is 2. The second-order valence-corrected chi connectivity index (χ2v) is 6.16. The average molecular weight is 391 g/mol. The number of aromatic nitrogens is 2. The number of anilines is 2. The maximum absolute atomic E-state index is 13.6. The van der Waals surface area contributed by atoms with Crippen LogP contribution in [0.25, 0.3) is 0 Å². The lowest BCUT2D eigenvalue weighted by molar-refractivity contribution is 0.0950. The smallest absolute Gasteiger partial charge is 0.254 e. The van der Waals surface area contributed by atoms with Crippen LogP contribution in [-0.2, 0) is 6.54 Å². The van der Waals surface area contributed by atoms with Crippen molar-refractivity contribution in [2.24, 2.45) is 0 Å². The summed E-state index contributed by atoms with van der Waals surface area (Å²) < 4.78 is 13.6. The molecule has 0 aliphatic carbocycles. The Bertz CT molecular complexity index is 935. The quantitative estimate of drug-likeness (QED) is 0.668. The number of halogens is 3. The fourth-order valence-electron chi connectivity index (χ4n) is 2.14. The van der Waals surface area contributed by atoms with Gasteiger partial charge in [0.05, 0.1) is 16.3 Å². The number of carbonyl (C=O) groups excluding carboxylic acids is 1. The van der Waals surface area contributed by atoms with Crippen molar-refractivity contribution in [1.29, 1.82) is 0 Å². The fourth-order valence-corrected chi connectivity index (χ4v) is 2.60. The Hall–Kier alpha value is -2.70. The zero-order valence-electron chi connectivity index (χ0n) is 13.3. The lowest BCUT2D eigenvalue weighted by Crippen LogP contribution is -2.23. The Balaban J connectivity index is 1.63. The van der Waals surface area contributed by atoms with Crippen molar-refractivity contribution in [1.82, 2.24) is 15.3 Å². The highest BCUT2D eigenvalue weighted by molar-refractivity contribution is 6.36. The summed E-state index contributed by atoms with van der Waals surface area (Å²) in [4.78, 5) is 20.3. The van der Waals surface area contributed by atoms with Crippen molar-refractivity contribution < 1.29 is 9.18 Å². The first-order valence-corrected chi connectivity index (χ1v) is 8.34. The molecule has 0 fully saturated rings. The van der Waals surface area contributed by atoms with Crippen molar-refractivity contribution in [3.05, 3.63) is 81.8 Å². The molecule has 3 rings (SSSR count). The molecule has 1 heterocycles. The maximum Gasteiger partial charge on any atom is 0.254 e. The number of nitrogens with one attached hydrogen (secondary N) is 2. The van der Waals surface area contributed by atoms with Crippen LogP contribution in [0.5, 0.6) is 0 Å². The summed E-state index contributed by atoms with van der Waals surface area (Å²) in [6.07, 6.45) is 2.74. The monoisotopic (exact) mass is 390 g/mol. The number of benzene rings is 2. The topological polar surface area (TPSA) is 66.9 Å². The van der Waals surface area contributed by atoms with E-state index >= 15 is 0 Å². The minimum atomic E-state index is -0.399. The SMILES string of the molecule is O=C(NCc1ccccc1F)c1cnc(Nc2ccc(Cl)cc2Cl)nc1. The Morgan fingerprint density at radius 2 is 1.81 bits per heavy atom. The Labute approximate surface area is 159 Å². The summed E-state index contributed by atoms with van der Waals surface area (Å²) in [6, 6.07) is 11.2. The number of rotatable bonds is 5. The van der Waals surface area contributed by atoms with Crippen LogP contribution in [0, 0.1) is 5.82 Å². The van der Waals surface area contributed by atoms with Gasteiger partial charge in [-0.3, -0.25) is 4.79 Å². The molecular formula is C18H13Cl2FN4O. The van der Waals surface area contributed by atoms with E-state index in [0.29, 0.717) is 21.3 Å².